The molecule has 0 bridgehead atoms. The van der Waals surface area contributed by atoms with Crippen molar-refractivity contribution < 1.29 is 4.79 Å². The van der Waals surface area contributed by atoms with Gasteiger partial charge in [-0.3, -0.25) is 4.79 Å². The first-order valence-electron chi connectivity index (χ1n) is 6.81. The molecule has 0 aliphatic carbocycles. The number of amides is 1. The van der Waals surface area contributed by atoms with Gasteiger partial charge in [0.25, 0.3) is 0 Å². The number of hydrogen-bond acceptors (Lipinski definition) is 3. The van der Waals surface area contributed by atoms with E-state index in [1.165, 1.54) is 17.3 Å². The molecule has 0 unspecified atom stereocenters. The Labute approximate surface area is 129 Å². The highest BCUT2D eigenvalue weighted by atomic mass is 35.5. The van der Waals surface area contributed by atoms with E-state index < -0.39 is 0 Å². The van der Waals surface area contributed by atoms with Crippen LogP contribution in [0.1, 0.15) is 11.1 Å². The van der Waals surface area contributed by atoms with Crippen LogP contribution in [0, 0.1) is 6.92 Å². The normalized spacial score (nSPS) is 10.4. The molecule has 5 heteroatoms. The fraction of sp³-hybridized carbons (Fsp3) is 0.250. The second kappa shape index (κ2) is 7.76. The maximum atomic E-state index is 11.7. The zero-order valence-electron chi connectivity index (χ0n) is 11.9. The third kappa shape index (κ3) is 5.53. The topological polar surface area (TPSA) is 54.0 Å². The molecule has 2 rings (SSSR count). The minimum absolute atomic E-state index is 0.117. The van der Waals surface area contributed by atoms with E-state index in [0.717, 1.165) is 13.0 Å². The Hall–Kier alpha value is -1.91. The number of aryl methyl sites for hydroxylation is 1. The highest BCUT2D eigenvalue weighted by molar-refractivity contribution is 6.30. The molecule has 0 aliphatic rings. The van der Waals surface area contributed by atoms with E-state index in [2.05, 4.69) is 40.7 Å². The predicted molar refractivity (Wildman–Crippen MR) is 85.6 cm³/mol. The monoisotopic (exact) mass is 303 g/mol. The summed E-state index contributed by atoms with van der Waals surface area (Å²) < 4.78 is 0. The lowest BCUT2D eigenvalue weighted by Gasteiger charge is -2.07. The number of nitrogens with zero attached hydrogens (tertiary/aromatic N) is 1. The van der Waals surface area contributed by atoms with Gasteiger partial charge < -0.3 is 10.6 Å². The molecule has 0 saturated carbocycles. The molecule has 0 saturated heterocycles. The summed E-state index contributed by atoms with van der Waals surface area (Å²) in [4.78, 5) is 15.7. The second-order valence-electron chi connectivity index (χ2n) is 4.83. The molecular formula is C16H18ClN3O. The predicted octanol–water partition coefficient (Wildman–Crippen LogP) is 2.81. The Morgan fingerprint density at radius 2 is 2.14 bits per heavy atom. The summed E-state index contributed by atoms with van der Waals surface area (Å²) in [6.07, 6.45) is 2.40. The number of pyridine rings is 1. The third-order valence-electron chi connectivity index (χ3n) is 2.95. The highest BCUT2D eigenvalue weighted by Crippen LogP contribution is 2.09. The zero-order valence-corrected chi connectivity index (χ0v) is 12.7. The van der Waals surface area contributed by atoms with Gasteiger partial charge in [0.1, 0.15) is 5.82 Å². The molecule has 0 radical (unpaired) electrons. The first-order chi connectivity index (χ1) is 10.1. The Morgan fingerprint density at radius 3 is 2.86 bits per heavy atom. The van der Waals surface area contributed by atoms with Gasteiger partial charge >= 0.3 is 0 Å². The van der Waals surface area contributed by atoms with Gasteiger partial charge in [-0.15, -0.1) is 0 Å². The largest absolute Gasteiger partial charge is 0.310 e. The van der Waals surface area contributed by atoms with E-state index in [4.69, 9.17) is 11.6 Å². The molecule has 1 amide bonds. The SMILES string of the molecule is Cc1cccc(CCNCC(=O)Nc2ccc(Cl)cn2)c1. The fourth-order valence-corrected chi connectivity index (χ4v) is 2.05. The Balaban J connectivity index is 1.68. The van der Waals surface area contributed by atoms with Gasteiger partial charge in [-0.05, 0) is 37.6 Å². The molecule has 0 spiro atoms. The van der Waals surface area contributed by atoms with Crippen molar-refractivity contribution in [2.75, 3.05) is 18.4 Å². The van der Waals surface area contributed by atoms with Gasteiger partial charge in [0.2, 0.25) is 5.91 Å². The van der Waals surface area contributed by atoms with Crippen LogP contribution in [-0.2, 0) is 11.2 Å². The lowest BCUT2D eigenvalue weighted by atomic mass is 10.1. The number of carbonyl (C=O) groups is 1. The smallest absolute Gasteiger partial charge is 0.239 e. The molecular weight excluding hydrogens is 286 g/mol. The summed E-state index contributed by atoms with van der Waals surface area (Å²) in [6, 6.07) is 11.7. The van der Waals surface area contributed by atoms with E-state index in [-0.39, 0.29) is 12.5 Å². The van der Waals surface area contributed by atoms with Gasteiger partial charge in [-0.1, -0.05) is 41.4 Å². The van der Waals surface area contributed by atoms with E-state index >= 15 is 0 Å². The van der Waals surface area contributed by atoms with Crippen molar-refractivity contribution in [3.8, 4) is 0 Å². The molecule has 2 aromatic rings. The first-order valence-corrected chi connectivity index (χ1v) is 7.19. The van der Waals surface area contributed by atoms with Gasteiger partial charge in [0.05, 0.1) is 11.6 Å². The van der Waals surface area contributed by atoms with E-state index in [1.54, 1.807) is 12.1 Å². The number of hydrogen-bond donors (Lipinski definition) is 2. The third-order valence-corrected chi connectivity index (χ3v) is 3.18. The average molecular weight is 304 g/mol. The lowest BCUT2D eigenvalue weighted by molar-refractivity contribution is -0.115. The molecule has 2 N–H and O–H groups in total. The number of carbonyl (C=O) groups excluding carboxylic acids is 1. The Morgan fingerprint density at radius 1 is 1.29 bits per heavy atom. The molecule has 1 aromatic carbocycles. The summed E-state index contributed by atoms with van der Waals surface area (Å²) >= 11 is 5.73. The minimum Gasteiger partial charge on any atom is -0.310 e. The van der Waals surface area contributed by atoms with Gasteiger partial charge in [0.15, 0.2) is 0 Å². The highest BCUT2D eigenvalue weighted by Gasteiger charge is 2.02. The molecule has 0 aliphatic heterocycles. The number of rotatable bonds is 6. The van der Waals surface area contributed by atoms with Crippen molar-refractivity contribution >= 4 is 23.3 Å². The lowest BCUT2D eigenvalue weighted by Crippen LogP contribution is -2.29. The van der Waals surface area contributed by atoms with Crippen molar-refractivity contribution in [1.82, 2.24) is 10.3 Å². The van der Waals surface area contributed by atoms with Crippen LogP contribution in [-0.4, -0.2) is 24.0 Å². The minimum atomic E-state index is -0.117. The van der Waals surface area contributed by atoms with E-state index in [1.807, 2.05) is 6.07 Å². The van der Waals surface area contributed by atoms with Gasteiger partial charge in [-0.2, -0.15) is 0 Å². The van der Waals surface area contributed by atoms with Crippen LogP contribution in [0.4, 0.5) is 5.82 Å². The first kappa shape index (κ1) is 15.5. The van der Waals surface area contributed by atoms with Crippen molar-refractivity contribution in [2.45, 2.75) is 13.3 Å². The van der Waals surface area contributed by atoms with Crippen LogP contribution >= 0.6 is 11.6 Å². The average Bonchev–Trinajstić information content (AvgIpc) is 2.46. The number of halogens is 1. The van der Waals surface area contributed by atoms with E-state index in [0.29, 0.717) is 10.8 Å². The fourth-order valence-electron chi connectivity index (χ4n) is 1.94. The Kier molecular flexibility index (Phi) is 5.72. The molecule has 0 fully saturated rings. The van der Waals surface area contributed by atoms with E-state index in [9.17, 15) is 4.79 Å². The summed E-state index contributed by atoms with van der Waals surface area (Å²) in [5, 5.41) is 6.37. The number of benzene rings is 1. The van der Waals surface area contributed by atoms with Gasteiger partial charge in [-0.25, -0.2) is 4.98 Å². The standard InChI is InChI=1S/C16H18ClN3O/c1-12-3-2-4-13(9-12)7-8-18-11-16(21)20-15-6-5-14(17)10-19-15/h2-6,9-10,18H,7-8,11H2,1H3,(H,19,20,21). The molecule has 1 heterocycles. The van der Waals surface area contributed by atoms with Crippen LogP contribution in [0.15, 0.2) is 42.6 Å². The Bertz CT molecular complexity index is 599. The summed E-state index contributed by atoms with van der Waals surface area (Å²) in [7, 11) is 0. The van der Waals surface area contributed by atoms with Crippen molar-refractivity contribution in [3.63, 3.8) is 0 Å². The maximum absolute atomic E-state index is 11.7. The van der Waals surface area contributed by atoms with Crippen LogP contribution in [0.3, 0.4) is 0 Å². The van der Waals surface area contributed by atoms with Crippen molar-refractivity contribution in [2.24, 2.45) is 0 Å². The van der Waals surface area contributed by atoms with Crippen LogP contribution in [0.2, 0.25) is 5.02 Å². The summed E-state index contributed by atoms with van der Waals surface area (Å²) in [6.45, 7) is 3.09. The quantitative estimate of drug-likeness (QED) is 0.807. The van der Waals surface area contributed by atoms with Crippen LogP contribution < -0.4 is 10.6 Å². The summed E-state index contributed by atoms with van der Waals surface area (Å²) in [5.41, 5.74) is 2.52. The number of anilines is 1. The molecule has 21 heavy (non-hydrogen) atoms. The molecule has 110 valence electrons. The number of aromatic nitrogens is 1. The number of nitrogens with one attached hydrogen (secondary N) is 2. The van der Waals surface area contributed by atoms with Crippen molar-refractivity contribution in [3.05, 3.63) is 58.7 Å². The molecule has 1 aromatic heterocycles. The maximum Gasteiger partial charge on any atom is 0.239 e. The molecule has 4 nitrogen and oxygen atoms in total. The zero-order chi connectivity index (χ0) is 15.1. The van der Waals surface area contributed by atoms with Crippen LogP contribution in [0.5, 0.6) is 0 Å². The molecule has 0 atom stereocenters. The second-order valence-corrected chi connectivity index (χ2v) is 5.26. The van der Waals surface area contributed by atoms with Crippen molar-refractivity contribution in [1.29, 1.82) is 0 Å². The van der Waals surface area contributed by atoms with Crippen LogP contribution in [0.25, 0.3) is 0 Å². The summed E-state index contributed by atoms with van der Waals surface area (Å²) in [5.74, 6) is 0.388. The van der Waals surface area contributed by atoms with Gasteiger partial charge in [0, 0.05) is 6.20 Å².